The van der Waals surface area contributed by atoms with Crippen LogP contribution in [0.1, 0.15) is 61.2 Å². The van der Waals surface area contributed by atoms with E-state index in [1.54, 1.807) is 23.9 Å². The van der Waals surface area contributed by atoms with E-state index in [1.165, 1.54) is 30.3 Å². The summed E-state index contributed by atoms with van der Waals surface area (Å²) in [5.74, 6) is -1.12. The minimum absolute atomic E-state index is 0.0204. The van der Waals surface area contributed by atoms with Crippen molar-refractivity contribution in [1.29, 1.82) is 0 Å². The largest absolute Gasteiger partial charge is 0.478 e. The van der Waals surface area contributed by atoms with Crippen LogP contribution < -0.4 is 0 Å². The number of hydrogen-bond acceptors (Lipinski definition) is 2. The molecule has 1 aliphatic heterocycles. The first kappa shape index (κ1) is 21.5. The third-order valence-corrected chi connectivity index (χ3v) is 6.32. The highest BCUT2D eigenvalue weighted by atomic mass is 32.2. The van der Waals surface area contributed by atoms with Crippen molar-refractivity contribution in [3.63, 3.8) is 0 Å². The Balaban J connectivity index is 2.08. The molecule has 0 saturated carbocycles. The molecule has 0 saturated heterocycles. The van der Waals surface area contributed by atoms with Gasteiger partial charge in [-0.3, -0.25) is 0 Å². The van der Waals surface area contributed by atoms with E-state index in [2.05, 4.69) is 27.7 Å². The fourth-order valence-corrected chi connectivity index (χ4v) is 5.64. The topological polar surface area (TPSA) is 37.3 Å². The first-order chi connectivity index (χ1) is 13.3. The molecule has 1 aliphatic rings. The van der Waals surface area contributed by atoms with Gasteiger partial charge in [-0.25, -0.2) is 4.79 Å². The van der Waals surface area contributed by atoms with Crippen molar-refractivity contribution in [1.82, 2.24) is 0 Å². The van der Waals surface area contributed by atoms with Crippen molar-refractivity contribution in [2.24, 2.45) is 0 Å². The fourth-order valence-electron chi connectivity index (χ4n) is 4.03. The van der Waals surface area contributed by atoms with Crippen LogP contribution in [0.25, 0.3) is 11.6 Å². The SMILES string of the molecule is CC1(C)CC(C)(C)c2cc(/C(=C/c3ccc(C(=O)O)cc3)C(F)(F)F)ccc2S1. The minimum atomic E-state index is -4.54. The van der Waals surface area contributed by atoms with Crippen LogP contribution in [0.5, 0.6) is 0 Å². The van der Waals surface area contributed by atoms with Crippen molar-refractivity contribution in [3.05, 3.63) is 64.7 Å². The zero-order chi connectivity index (χ0) is 21.6. The highest BCUT2D eigenvalue weighted by Gasteiger charge is 2.40. The lowest BCUT2D eigenvalue weighted by Crippen LogP contribution is -2.33. The van der Waals surface area contributed by atoms with Crippen LogP contribution in [0.2, 0.25) is 0 Å². The maximum absolute atomic E-state index is 13.9. The number of thioether (sulfide) groups is 1. The Morgan fingerprint density at radius 3 is 2.17 bits per heavy atom. The van der Waals surface area contributed by atoms with Crippen molar-refractivity contribution in [2.45, 2.75) is 55.3 Å². The molecule has 2 aromatic rings. The Kier molecular flexibility index (Phi) is 5.37. The summed E-state index contributed by atoms with van der Waals surface area (Å²) in [6.45, 7) is 8.44. The molecule has 6 heteroatoms. The van der Waals surface area contributed by atoms with Crippen LogP contribution in [0, 0.1) is 0 Å². The van der Waals surface area contributed by atoms with Crippen molar-refractivity contribution in [2.75, 3.05) is 0 Å². The van der Waals surface area contributed by atoms with E-state index in [4.69, 9.17) is 5.11 Å². The van der Waals surface area contributed by atoms with Crippen LogP contribution in [0.3, 0.4) is 0 Å². The molecule has 2 nitrogen and oxygen atoms in total. The smallest absolute Gasteiger partial charge is 0.417 e. The number of carboxylic acids is 1. The summed E-state index contributed by atoms with van der Waals surface area (Å²) in [6, 6.07) is 10.3. The highest BCUT2D eigenvalue weighted by Crippen LogP contribution is 2.52. The lowest BCUT2D eigenvalue weighted by atomic mass is 9.76. The Labute approximate surface area is 172 Å². The minimum Gasteiger partial charge on any atom is -0.478 e. The van der Waals surface area contributed by atoms with Gasteiger partial charge in [-0.2, -0.15) is 13.2 Å². The normalized spacial score (nSPS) is 18.2. The molecule has 0 spiro atoms. The van der Waals surface area contributed by atoms with Gasteiger partial charge in [0.05, 0.1) is 11.1 Å². The second kappa shape index (κ2) is 7.24. The number of halogens is 3. The fraction of sp³-hybridized carbons (Fsp3) is 0.348. The second-order valence-corrected chi connectivity index (χ2v) is 10.4. The molecule has 0 aliphatic carbocycles. The van der Waals surface area contributed by atoms with Gasteiger partial charge >= 0.3 is 12.1 Å². The van der Waals surface area contributed by atoms with Gasteiger partial charge in [0, 0.05) is 9.64 Å². The molecule has 3 rings (SSSR count). The Bertz CT molecular complexity index is 971. The quantitative estimate of drug-likeness (QED) is 0.541. The van der Waals surface area contributed by atoms with Gasteiger partial charge in [0.15, 0.2) is 0 Å². The molecule has 1 heterocycles. The van der Waals surface area contributed by atoms with Crippen LogP contribution in [-0.2, 0) is 5.41 Å². The predicted octanol–water partition coefficient (Wildman–Crippen LogP) is 7.04. The van der Waals surface area contributed by atoms with E-state index in [0.29, 0.717) is 5.56 Å². The molecule has 2 aromatic carbocycles. The summed E-state index contributed by atoms with van der Waals surface area (Å²) in [5.41, 5.74) is 0.400. The summed E-state index contributed by atoms with van der Waals surface area (Å²) in [7, 11) is 0. The van der Waals surface area contributed by atoms with Crippen LogP contribution in [0.4, 0.5) is 13.2 Å². The summed E-state index contributed by atoms with van der Waals surface area (Å²) in [6.07, 6.45) is -2.60. The Morgan fingerprint density at radius 1 is 1.03 bits per heavy atom. The van der Waals surface area contributed by atoms with E-state index < -0.39 is 17.7 Å². The maximum atomic E-state index is 13.9. The number of fused-ring (bicyclic) bond motifs is 1. The van der Waals surface area contributed by atoms with Gasteiger partial charge in [0.2, 0.25) is 0 Å². The Morgan fingerprint density at radius 2 is 1.62 bits per heavy atom. The first-order valence-electron chi connectivity index (χ1n) is 9.25. The van der Waals surface area contributed by atoms with Crippen LogP contribution in [-0.4, -0.2) is 22.0 Å². The van der Waals surface area contributed by atoms with Gasteiger partial charge in [0.25, 0.3) is 0 Å². The number of allylic oxidation sites excluding steroid dienone is 1. The third kappa shape index (κ3) is 4.69. The molecule has 1 N–H and O–H groups in total. The van der Waals surface area contributed by atoms with Gasteiger partial charge < -0.3 is 5.11 Å². The van der Waals surface area contributed by atoms with E-state index >= 15 is 0 Å². The van der Waals surface area contributed by atoms with Crippen molar-refractivity contribution in [3.8, 4) is 0 Å². The average molecular weight is 420 g/mol. The molecule has 0 radical (unpaired) electrons. The van der Waals surface area contributed by atoms with Crippen LogP contribution >= 0.6 is 11.8 Å². The maximum Gasteiger partial charge on any atom is 0.417 e. The molecule has 0 unspecified atom stereocenters. The number of rotatable bonds is 3. The van der Waals surface area contributed by atoms with Crippen molar-refractivity contribution >= 4 is 29.4 Å². The number of aromatic carboxylic acids is 1. The zero-order valence-electron chi connectivity index (χ0n) is 16.7. The molecule has 0 amide bonds. The number of hydrogen-bond donors (Lipinski definition) is 1. The van der Waals surface area contributed by atoms with Gasteiger partial charge in [0.1, 0.15) is 0 Å². The summed E-state index contributed by atoms with van der Waals surface area (Å²) in [5, 5.41) is 8.97. The van der Waals surface area contributed by atoms with E-state index in [1.807, 2.05) is 0 Å². The molecule has 0 fully saturated rings. The summed E-state index contributed by atoms with van der Waals surface area (Å²) < 4.78 is 41.7. The van der Waals surface area contributed by atoms with Gasteiger partial charge in [-0.05, 0) is 58.9 Å². The number of carboxylic acid groups (broad SMARTS) is 1. The van der Waals surface area contributed by atoms with Gasteiger partial charge in [-0.1, -0.05) is 45.9 Å². The zero-order valence-corrected chi connectivity index (χ0v) is 17.5. The van der Waals surface area contributed by atoms with E-state index in [-0.39, 0.29) is 21.3 Å². The molecule has 29 heavy (non-hydrogen) atoms. The van der Waals surface area contributed by atoms with E-state index in [0.717, 1.165) is 23.0 Å². The van der Waals surface area contributed by atoms with Gasteiger partial charge in [-0.15, -0.1) is 11.8 Å². The molecule has 0 aromatic heterocycles. The number of benzene rings is 2. The molecular formula is C23H23F3O2S. The van der Waals surface area contributed by atoms with E-state index in [9.17, 15) is 18.0 Å². The first-order valence-corrected chi connectivity index (χ1v) is 10.1. The summed E-state index contributed by atoms with van der Waals surface area (Å²) >= 11 is 1.70. The molecular weight excluding hydrogens is 397 g/mol. The number of carbonyl (C=O) groups is 1. The number of alkyl halides is 3. The molecule has 0 bridgehead atoms. The third-order valence-electron chi connectivity index (χ3n) is 5.05. The lowest BCUT2D eigenvalue weighted by Gasteiger charge is -2.42. The second-order valence-electron chi connectivity index (χ2n) is 8.62. The lowest BCUT2D eigenvalue weighted by molar-refractivity contribution is -0.0683. The highest BCUT2D eigenvalue weighted by molar-refractivity contribution is 8.00. The Hall–Kier alpha value is -2.21. The standard InChI is InChI=1S/C23H23F3O2S/c1-21(2)13-22(3,4)29-19-10-9-16(12-18(19)21)17(23(24,25)26)11-14-5-7-15(8-6-14)20(27)28/h5-12H,13H2,1-4H3,(H,27,28)/b17-11-. The van der Waals surface area contributed by atoms with Crippen LogP contribution in [0.15, 0.2) is 47.4 Å². The predicted molar refractivity (Wildman–Crippen MR) is 111 cm³/mol. The molecule has 0 atom stereocenters. The average Bonchev–Trinajstić information content (AvgIpc) is 2.57. The monoisotopic (exact) mass is 420 g/mol. The van der Waals surface area contributed by atoms with Crippen molar-refractivity contribution < 1.29 is 23.1 Å². The summed E-state index contributed by atoms with van der Waals surface area (Å²) in [4.78, 5) is 12.0. The molecule has 154 valence electrons.